The van der Waals surface area contributed by atoms with Gasteiger partial charge < -0.3 is 38.3 Å². The van der Waals surface area contributed by atoms with Crippen LogP contribution in [0.15, 0.2) is 0 Å². The molecule has 6 aliphatic rings. The zero-order chi connectivity index (χ0) is 26.0. The summed E-state index contributed by atoms with van der Waals surface area (Å²) in [4.78, 5) is 12.7. The average Bonchev–Trinajstić information content (AvgIpc) is 3.36. The topological polar surface area (TPSA) is 92.7 Å². The molecular formula is C27H46O8Si. The quantitative estimate of drug-likeness (QED) is 0.189. The molecule has 0 aromatic carbocycles. The molecule has 9 heteroatoms. The number of hydrogen-bond donors (Lipinski definition) is 1. The normalized spacial score (nSPS) is 46.5. The molecule has 0 aromatic rings. The summed E-state index contributed by atoms with van der Waals surface area (Å²) in [5.74, 6) is -1.36. The summed E-state index contributed by atoms with van der Waals surface area (Å²) in [7, 11) is -1.12. The Hall–Kier alpha value is -0.393. The van der Waals surface area contributed by atoms with Gasteiger partial charge in [0, 0.05) is 51.6 Å². The Bertz CT molecular complexity index is 831. The fraction of sp³-hybridized carbons (Fsp3) is 0.963. The number of ether oxygens (including phenoxy) is 6. The van der Waals surface area contributed by atoms with E-state index in [1.165, 1.54) is 0 Å². The van der Waals surface area contributed by atoms with E-state index in [1.54, 1.807) is 0 Å². The molecule has 2 aliphatic heterocycles. The molecule has 0 amide bonds. The number of carbonyl (C=O) groups is 1. The van der Waals surface area contributed by atoms with Gasteiger partial charge in [0.05, 0.1) is 18.3 Å². The zero-order valence-corrected chi connectivity index (χ0v) is 23.9. The number of rotatable bonds is 11. The molecule has 6 rings (SSSR count). The predicted octanol–water partition coefficient (Wildman–Crippen LogP) is 3.58. The van der Waals surface area contributed by atoms with Crippen molar-refractivity contribution in [2.24, 2.45) is 29.1 Å². The van der Waals surface area contributed by atoms with E-state index in [9.17, 15) is 9.90 Å². The Morgan fingerprint density at radius 2 is 1.89 bits per heavy atom. The van der Waals surface area contributed by atoms with Crippen LogP contribution in [0.25, 0.3) is 0 Å². The molecule has 9 atom stereocenters. The second-order valence-electron chi connectivity index (χ2n) is 13.6. The van der Waals surface area contributed by atoms with Gasteiger partial charge in [0.1, 0.15) is 18.7 Å². The van der Waals surface area contributed by atoms with Crippen LogP contribution in [0, 0.1) is 29.1 Å². The zero-order valence-electron chi connectivity index (χ0n) is 22.9. The van der Waals surface area contributed by atoms with Crippen LogP contribution in [0.2, 0.25) is 25.7 Å². The van der Waals surface area contributed by atoms with E-state index in [0.29, 0.717) is 39.1 Å². The minimum Gasteiger partial charge on any atom is -0.389 e. The van der Waals surface area contributed by atoms with Gasteiger partial charge in [-0.05, 0) is 57.9 Å². The third-order valence-electron chi connectivity index (χ3n) is 9.54. The summed E-state index contributed by atoms with van der Waals surface area (Å²) < 4.78 is 37.0. The van der Waals surface area contributed by atoms with Crippen LogP contribution in [0.3, 0.4) is 0 Å². The first-order chi connectivity index (χ1) is 16.9. The molecule has 1 unspecified atom stereocenters. The Morgan fingerprint density at radius 1 is 1.14 bits per heavy atom. The Labute approximate surface area is 216 Å². The maximum absolute atomic E-state index is 12.7. The Balaban J connectivity index is 1.34. The van der Waals surface area contributed by atoms with Gasteiger partial charge in [-0.1, -0.05) is 19.6 Å². The van der Waals surface area contributed by atoms with Crippen molar-refractivity contribution in [3.05, 3.63) is 0 Å². The van der Waals surface area contributed by atoms with E-state index >= 15 is 0 Å². The van der Waals surface area contributed by atoms with Crippen molar-refractivity contribution in [2.45, 2.75) is 102 Å². The van der Waals surface area contributed by atoms with Gasteiger partial charge >= 0.3 is 0 Å². The summed E-state index contributed by atoms with van der Waals surface area (Å²) in [5.41, 5.74) is -2.17. The fourth-order valence-corrected chi connectivity index (χ4v) is 9.26. The third kappa shape index (κ3) is 4.26. The summed E-state index contributed by atoms with van der Waals surface area (Å²) in [6, 6.07) is 1.11. The largest absolute Gasteiger partial charge is 0.389 e. The Morgan fingerprint density at radius 3 is 2.58 bits per heavy atom. The van der Waals surface area contributed by atoms with Crippen LogP contribution in [-0.2, 0) is 33.2 Å². The van der Waals surface area contributed by atoms with Gasteiger partial charge in [0.15, 0.2) is 12.1 Å². The summed E-state index contributed by atoms with van der Waals surface area (Å²) in [6.07, 6.45) is 3.11. The molecule has 4 aliphatic carbocycles. The molecule has 2 heterocycles. The summed E-state index contributed by atoms with van der Waals surface area (Å²) in [5, 5.41) is 12.1. The second kappa shape index (κ2) is 9.36. The monoisotopic (exact) mass is 526 g/mol. The van der Waals surface area contributed by atoms with Crippen LogP contribution >= 0.6 is 0 Å². The highest BCUT2D eigenvalue weighted by atomic mass is 28.3. The van der Waals surface area contributed by atoms with E-state index in [4.69, 9.17) is 28.4 Å². The van der Waals surface area contributed by atoms with Crippen molar-refractivity contribution in [2.75, 3.05) is 33.2 Å². The first-order valence-corrected chi connectivity index (χ1v) is 17.6. The lowest BCUT2D eigenvalue weighted by Crippen LogP contribution is -2.71. The van der Waals surface area contributed by atoms with Crippen molar-refractivity contribution in [1.82, 2.24) is 0 Å². The smallest absolute Gasteiger partial charge is 0.164 e. The molecular weight excluding hydrogens is 480 g/mol. The first-order valence-electron chi connectivity index (χ1n) is 13.8. The molecule has 206 valence electrons. The van der Waals surface area contributed by atoms with Crippen LogP contribution < -0.4 is 0 Å². The molecule has 4 saturated carbocycles. The molecule has 8 nitrogen and oxygen atoms in total. The van der Waals surface area contributed by atoms with E-state index in [1.807, 2.05) is 20.8 Å². The van der Waals surface area contributed by atoms with Crippen LogP contribution in [0.4, 0.5) is 0 Å². The van der Waals surface area contributed by atoms with E-state index in [-0.39, 0.29) is 42.9 Å². The molecule has 6 fully saturated rings. The lowest BCUT2D eigenvalue weighted by Gasteiger charge is -2.61. The Kier molecular flexibility index (Phi) is 7.07. The highest BCUT2D eigenvalue weighted by Crippen LogP contribution is 2.76. The summed E-state index contributed by atoms with van der Waals surface area (Å²) >= 11 is 0. The molecule has 0 aromatic heterocycles. The van der Waals surface area contributed by atoms with Crippen molar-refractivity contribution in [3.63, 3.8) is 0 Å². The number of aldehydes is 1. The fourth-order valence-electron chi connectivity index (χ4n) is 8.51. The van der Waals surface area contributed by atoms with Crippen LogP contribution in [0.1, 0.15) is 46.5 Å². The minimum absolute atomic E-state index is 0.0129. The molecule has 1 N–H and O–H groups in total. The van der Waals surface area contributed by atoms with E-state index in [0.717, 1.165) is 25.4 Å². The van der Waals surface area contributed by atoms with Crippen molar-refractivity contribution < 1.29 is 38.3 Å². The molecule has 2 spiro atoms. The van der Waals surface area contributed by atoms with Gasteiger partial charge in [-0.3, -0.25) is 0 Å². The average molecular weight is 527 g/mol. The van der Waals surface area contributed by atoms with Crippen LogP contribution in [-0.4, -0.2) is 82.1 Å². The summed E-state index contributed by atoms with van der Waals surface area (Å²) in [6.45, 7) is 15.4. The van der Waals surface area contributed by atoms with Gasteiger partial charge in [0.2, 0.25) is 0 Å². The number of fused-ring (bicyclic) bond motifs is 1. The molecule has 0 radical (unpaired) electrons. The number of carbonyl (C=O) groups excluding carboxylic acids is 1. The maximum Gasteiger partial charge on any atom is 0.164 e. The number of aliphatic hydroxyl groups is 1. The van der Waals surface area contributed by atoms with Crippen molar-refractivity contribution >= 4 is 14.4 Å². The molecule has 36 heavy (non-hydrogen) atoms. The van der Waals surface area contributed by atoms with Gasteiger partial charge in [-0.25, -0.2) is 0 Å². The van der Waals surface area contributed by atoms with Gasteiger partial charge in [-0.15, -0.1) is 0 Å². The SMILES string of the molecule is CCOC1C[C@@]2(CO1)C[C@]1(O)C[C@H]3[C@@H](CCOCOCC[Si](C)(C)C)[C@H](C=O)[C@@H]1[C@@]21OC(C)(C)O[C@H]31. The lowest BCUT2D eigenvalue weighted by molar-refractivity contribution is -0.242. The third-order valence-corrected chi connectivity index (χ3v) is 11.2. The second-order valence-corrected chi connectivity index (χ2v) is 19.2. The molecule has 4 bridgehead atoms. The van der Waals surface area contributed by atoms with E-state index in [2.05, 4.69) is 19.6 Å². The number of hydrogen-bond acceptors (Lipinski definition) is 8. The van der Waals surface area contributed by atoms with Crippen molar-refractivity contribution in [1.29, 1.82) is 0 Å². The van der Waals surface area contributed by atoms with Crippen molar-refractivity contribution in [3.8, 4) is 0 Å². The predicted molar refractivity (Wildman–Crippen MR) is 135 cm³/mol. The molecule has 2 saturated heterocycles. The highest BCUT2D eigenvalue weighted by molar-refractivity contribution is 6.76. The maximum atomic E-state index is 12.7. The highest BCUT2D eigenvalue weighted by Gasteiger charge is 2.85. The standard InChI is InChI=1S/C27H46O8Si/c1-7-32-21-13-25(16-33-21)15-26(29)12-19-18(8-9-30-17-31-10-11-36(4,5)6)20(14-28)22(26)27(25)23(19)34-24(2,3)35-27/h14,18-23,29H,7-13,15-17H2,1-6H3/t18-,19+,20+,21?,22+,23-,25+,26-,27+/m1/s1. The van der Waals surface area contributed by atoms with E-state index < -0.39 is 30.5 Å². The van der Waals surface area contributed by atoms with Crippen LogP contribution in [0.5, 0.6) is 0 Å². The van der Waals surface area contributed by atoms with Gasteiger partial charge in [-0.2, -0.15) is 0 Å². The lowest BCUT2D eigenvalue weighted by atomic mass is 9.47. The minimum atomic E-state index is -1.12. The van der Waals surface area contributed by atoms with Gasteiger partial charge in [0.25, 0.3) is 0 Å². The first kappa shape index (κ1) is 27.2.